The van der Waals surface area contributed by atoms with Crippen molar-refractivity contribution in [1.82, 2.24) is 5.32 Å². The maximum Gasteiger partial charge on any atom is 0.243 e. The van der Waals surface area contributed by atoms with Gasteiger partial charge in [0.2, 0.25) is 11.8 Å². The topological polar surface area (TPSA) is 93.5 Å². The fraction of sp³-hybridized carbons (Fsp3) is 0.500. The Balaban J connectivity index is 0.00000484. The quantitative estimate of drug-likeness (QED) is 0.672. The van der Waals surface area contributed by atoms with Crippen LogP contribution in [0.3, 0.4) is 0 Å². The lowest BCUT2D eigenvalue weighted by molar-refractivity contribution is -0.125. The zero-order valence-corrected chi connectivity index (χ0v) is 14.6. The van der Waals surface area contributed by atoms with E-state index in [-0.39, 0.29) is 36.7 Å². The molecule has 6 nitrogen and oxygen atoms in total. The van der Waals surface area contributed by atoms with E-state index in [1.165, 1.54) is 0 Å². The van der Waals surface area contributed by atoms with E-state index in [4.69, 9.17) is 10.5 Å². The van der Waals surface area contributed by atoms with Gasteiger partial charge in [-0.15, -0.1) is 12.4 Å². The van der Waals surface area contributed by atoms with Crippen LogP contribution < -0.4 is 21.1 Å². The van der Waals surface area contributed by atoms with Gasteiger partial charge in [-0.3, -0.25) is 9.59 Å². The lowest BCUT2D eigenvalue weighted by Crippen LogP contribution is -2.46. The number of rotatable bonds is 8. The molecule has 0 fully saturated rings. The van der Waals surface area contributed by atoms with Crippen molar-refractivity contribution in [3.63, 3.8) is 0 Å². The third-order valence-corrected chi connectivity index (χ3v) is 3.06. The fourth-order valence-corrected chi connectivity index (χ4v) is 1.65. The van der Waals surface area contributed by atoms with Gasteiger partial charge in [0.25, 0.3) is 0 Å². The largest absolute Gasteiger partial charge is 0.494 e. The van der Waals surface area contributed by atoms with Crippen molar-refractivity contribution in [1.29, 1.82) is 0 Å². The molecular weight excluding hydrogens is 318 g/mol. The molecule has 0 saturated heterocycles. The van der Waals surface area contributed by atoms with Gasteiger partial charge in [-0.25, -0.2) is 0 Å². The molecule has 1 atom stereocenters. The molecule has 0 aromatic heterocycles. The first-order valence-corrected chi connectivity index (χ1v) is 7.50. The maximum atomic E-state index is 11.8. The van der Waals surface area contributed by atoms with Crippen molar-refractivity contribution < 1.29 is 14.3 Å². The molecule has 4 N–H and O–H groups in total. The van der Waals surface area contributed by atoms with Crippen LogP contribution in [-0.2, 0) is 9.59 Å². The molecule has 0 saturated carbocycles. The second kappa shape index (κ2) is 10.9. The summed E-state index contributed by atoms with van der Waals surface area (Å²) in [6, 6.07) is 6.48. The van der Waals surface area contributed by atoms with Gasteiger partial charge in [0.05, 0.1) is 19.2 Å². The highest BCUT2D eigenvalue weighted by Crippen LogP contribution is 2.15. The molecule has 0 unspecified atom stereocenters. The molecule has 1 rings (SSSR count). The molecule has 23 heavy (non-hydrogen) atoms. The molecule has 130 valence electrons. The van der Waals surface area contributed by atoms with Gasteiger partial charge in [0, 0.05) is 5.69 Å². The Morgan fingerprint density at radius 3 is 2.35 bits per heavy atom. The van der Waals surface area contributed by atoms with E-state index in [9.17, 15) is 9.59 Å². The summed E-state index contributed by atoms with van der Waals surface area (Å²) in [5.41, 5.74) is 6.35. The van der Waals surface area contributed by atoms with Crippen molar-refractivity contribution >= 4 is 29.9 Å². The maximum absolute atomic E-state index is 11.8. The molecule has 1 aromatic carbocycles. The summed E-state index contributed by atoms with van der Waals surface area (Å²) in [5, 5.41) is 5.22. The average molecular weight is 344 g/mol. The molecule has 0 aliphatic rings. The minimum Gasteiger partial charge on any atom is -0.494 e. The van der Waals surface area contributed by atoms with Gasteiger partial charge in [-0.2, -0.15) is 0 Å². The summed E-state index contributed by atoms with van der Waals surface area (Å²) in [6.45, 7) is 6.30. The number of anilines is 1. The van der Waals surface area contributed by atoms with E-state index < -0.39 is 6.04 Å². The first-order valence-electron chi connectivity index (χ1n) is 7.50. The summed E-state index contributed by atoms with van der Waals surface area (Å²) in [6.07, 6.45) is 0.941. The van der Waals surface area contributed by atoms with Crippen LogP contribution >= 0.6 is 12.4 Å². The third kappa shape index (κ3) is 7.85. The predicted molar refractivity (Wildman–Crippen MR) is 93.9 cm³/mol. The smallest absolute Gasteiger partial charge is 0.243 e. The Kier molecular flexibility index (Phi) is 10.0. The van der Waals surface area contributed by atoms with Crippen molar-refractivity contribution in [2.24, 2.45) is 11.7 Å². The van der Waals surface area contributed by atoms with Crippen molar-refractivity contribution in [3.05, 3.63) is 24.3 Å². The first-order chi connectivity index (χ1) is 10.4. The van der Waals surface area contributed by atoms with Crippen molar-refractivity contribution in [2.75, 3.05) is 18.5 Å². The Bertz CT molecular complexity index is 492. The molecule has 0 heterocycles. The number of hydrogen-bond acceptors (Lipinski definition) is 4. The van der Waals surface area contributed by atoms with Gasteiger partial charge in [0.1, 0.15) is 5.75 Å². The van der Waals surface area contributed by atoms with Crippen LogP contribution in [0.5, 0.6) is 5.75 Å². The van der Waals surface area contributed by atoms with Gasteiger partial charge < -0.3 is 21.1 Å². The number of nitrogens with two attached hydrogens (primary N) is 1. The van der Waals surface area contributed by atoms with Crippen LogP contribution in [0.25, 0.3) is 0 Å². The van der Waals surface area contributed by atoms with Crippen molar-refractivity contribution in [2.45, 2.75) is 33.2 Å². The van der Waals surface area contributed by atoms with Crippen LogP contribution in [0.2, 0.25) is 0 Å². The predicted octanol–water partition coefficient (Wildman–Crippen LogP) is 1.94. The highest BCUT2D eigenvalue weighted by molar-refractivity contribution is 5.95. The molecule has 2 amide bonds. The molecule has 7 heteroatoms. The highest BCUT2D eigenvalue weighted by atomic mass is 35.5. The summed E-state index contributed by atoms with van der Waals surface area (Å²) < 4.78 is 5.46. The monoisotopic (exact) mass is 343 g/mol. The van der Waals surface area contributed by atoms with Crippen LogP contribution in [0.15, 0.2) is 24.3 Å². The van der Waals surface area contributed by atoms with E-state index in [2.05, 4.69) is 10.6 Å². The molecule has 0 aliphatic heterocycles. The van der Waals surface area contributed by atoms with E-state index in [0.717, 1.165) is 12.2 Å². The number of carbonyl (C=O) groups excluding carboxylic acids is 2. The molecule has 1 aromatic rings. The Hall–Kier alpha value is -1.79. The summed E-state index contributed by atoms with van der Waals surface area (Å²) in [5.74, 6) is 0.162. The van der Waals surface area contributed by atoms with Gasteiger partial charge >= 0.3 is 0 Å². The zero-order valence-electron chi connectivity index (χ0n) is 13.8. The number of benzene rings is 1. The molecule has 0 aliphatic carbocycles. The van der Waals surface area contributed by atoms with Crippen LogP contribution in [-0.4, -0.2) is 31.0 Å². The van der Waals surface area contributed by atoms with Crippen molar-refractivity contribution in [3.8, 4) is 5.75 Å². The highest BCUT2D eigenvalue weighted by Gasteiger charge is 2.17. The lowest BCUT2D eigenvalue weighted by Gasteiger charge is -2.15. The van der Waals surface area contributed by atoms with E-state index in [1.807, 2.05) is 20.8 Å². The summed E-state index contributed by atoms with van der Waals surface area (Å²) in [4.78, 5) is 23.4. The summed E-state index contributed by atoms with van der Waals surface area (Å²) >= 11 is 0. The van der Waals surface area contributed by atoms with Gasteiger partial charge in [0.15, 0.2) is 0 Å². The number of amides is 2. The molecule has 0 bridgehead atoms. The first kappa shape index (κ1) is 21.2. The fourth-order valence-electron chi connectivity index (χ4n) is 1.65. The summed E-state index contributed by atoms with van der Waals surface area (Å²) in [7, 11) is 0. The number of carbonyl (C=O) groups is 2. The Morgan fingerprint density at radius 1 is 1.22 bits per heavy atom. The minimum absolute atomic E-state index is 0. The SMILES string of the molecule is CCCOc1ccc(NC(=O)CNC(=O)[C@@H](N)C(C)C)cc1.Cl. The van der Waals surface area contributed by atoms with Gasteiger partial charge in [-0.05, 0) is 36.6 Å². The van der Waals surface area contributed by atoms with Crippen LogP contribution in [0, 0.1) is 5.92 Å². The number of ether oxygens (including phenoxy) is 1. The number of nitrogens with one attached hydrogen (secondary N) is 2. The molecule has 0 spiro atoms. The Morgan fingerprint density at radius 2 is 1.83 bits per heavy atom. The molecular formula is C16H26ClN3O3. The van der Waals surface area contributed by atoms with E-state index >= 15 is 0 Å². The van der Waals surface area contributed by atoms with E-state index in [1.54, 1.807) is 24.3 Å². The molecule has 0 radical (unpaired) electrons. The van der Waals surface area contributed by atoms with E-state index in [0.29, 0.717) is 12.3 Å². The third-order valence-electron chi connectivity index (χ3n) is 3.06. The van der Waals surface area contributed by atoms with Gasteiger partial charge in [-0.1, -0.05) is 20.8 Å². The average Bonchev–Trinajstić information content (AvgIpc) is 2.51. The van der Waals surface area contributed by atoms with Crippen LogP contribution in [0.4, 0.5) is 5.69 Å². The number of hydrogen-bond donors (Lipinski definition) is 3. The standard InChI is InChI=1S/C16H25N3O3.ClH/c1-4-9-22-13-7-5-12(6-8-13)19-14(20)10-18-16(21)15(17)11(2)3;/h5-8,11,15H,4,9-10,17H2,1-3H3,(H,18,21)(H,19,20);1H/t15-;/m0./s1. The second-order valence-corrected chi connectivity index (χ2v) is 5.41. The second-order valence-electron chi connectivity index (χ2n) is 5.41. The normalized spacial score (nSPS) is 11.3. The number of halogens is 1. The Labute approximate surface area is 143 Å². The van der Waals surface area contributed by atoms with Crippen LogP contribution in [0.1, 0.15) is 27.2 Å². The zero-order chi connectivity index (χ0) is 16.5. The minimum atomic E-state index is -0.609. The lowest BCUT2D eigenvalue weighted by atomic mass is 10.1.